The van der Waals surface area contributed by atoms with Gasteiger partial charge in [-0.25, -0.2) is 4.74 Å². The molecule has 2 rings (SSSR count). The van der Waals surface area contributed by atoms with Crippen molar-refractivity contribution in [3.8, 4) is 0 Å². The van der Waals surface area contributed by atoms with Gasteiger partial charge in [-0.15, -0.1) is 0 Å². The zero-order chi connectivity index (χ0) is 12.1. The zero-order valence-electron chi connectivity index (χ0n) is 9.08. The van der Waals surface area contributed by atoms with E-state index >= 15 is 0 Å². The largest absolute Gasteiger partial charge is 0.624 e. The van der Waals surface area contributed by atoms with Crippen LogP contribution in [-0.2, 0) is 6.54 Å². The summed E-state index contributed by atoms with van der Waals surface area (Å²) in [5.74, 6) is 0. The molecule has 0 saturated carbocycles. The van der Waals surface area contributed by atoms with Crippen LogP contribution in [0.25, 0.3) is 0 Å². The number of hydrogen-bond donors (Lipinski definition) is 0. The molecule has 4 heteroatoms. The predicted octanol–water partition coefficient (Wildman–Crippen LogP) is 2.97. The molecule has 0 atom stereocenters. The summed E-state index contributed by atoms with van der Waals surface area (Å²) in [6.07, 6.45) is 4.89. The van der Waals surface area contributed by atoms with Crippen LogP contribution in [0.15, 0.2) is 53.3 Å². The number of pyridine rings is 1. The normalized spacial score (nSPS) is 11.5. The number of nitrogens with zero attached hydrogens (tertiary/aromatic N) is 2. The average molecular weight is 291 g/mol. The Morgan fingerprint density at radius 2 is 2.00 bits per heavy atom. The Hall–Kier alpha value is -1.68. The van der Waals surface area contributed by atoms with Gasteiger partial charge in [-0.3, -0.25) is 4.98 Å². The predicted molar refractivity (Wildman–Crippen MR) is 70.9 cm³/mol. The molecule has 0 amide bonds. The SMILES string of the molecule is [O-]/[N+](=C\c1ccncc1)Cc1cccc(Br)c1. The van der Waals surface area contributed by atoms with Crippen molar-refractivity contribution < 1.29 is 4.74 Å². The summed E-state index contributed by atoms with van der Waals surface area (Å²) in [7, 11) is 0. The van der Waals surface area contributed by atoms with Gasteiger partial charge >= 0.3 is 0 Å². The fraction of sp³-hybridized carbons (Fsp3) is 0.0769. The maximum Gasteiger partial charge on any atom is 0.182 e. The van der Waals surface area contributed by atoms with Crippen LogP contribution in [0.3, 0.4) is 0 Å². The van der Waals surface area contributed by atoms with Crippen LogP contribution in [0.4, 0.5) is 0 Å². The van der Waals surface area contributed by atoms with Gasteiger partial charge in [0, 0.05) is 28.0 Å². The molecule has 0 spiro atoms. The molecule has 0 N–H and O–H groups in total. The van der Waals surface area contributed by atoms with E-state index in [-0.39, 0.29) is 0 Å². The molecule has 0 aliphatic heterocycles. The quantitative estimate of drug-likeness (QED) is 0.377. The van der Waals surface area contributed by atoms with Crippen molar-refractivity contribution in [2.75, 3.05) is 0 Å². The van der Waals surface area contributed by atoms with E-state index in [1.54, 1.807) is 30.7 Å². The van der Waals surface area contributed by atoms with Crippen LogP contribution in [0.5, 0.6) is 0 Å². The molecule has 0 bridgehead atoms. The molecular formula is C13H11BrN2O. The summed E-state index contributed by atoms with van der Waals surface area (Å²) in [6.45, 7) is 0.335. The monoisotopic (exact) mass is 290 g/mol. The van der Waals surface area contributed by atoms with E-state index in [0.717, 1.165) is 20.3 Å². The number of hydrogen-bond acceptors (Lipinski definition) is 2. The van der Waals surface area contributed by atoms with Crippen molar-refractivity contribution in [1.82, 2.24) is 4.98 Å². The van der Waals surface area contributed by atoms with Crippen molar-refractivity contribution in [3.63, 3.8) is 0 Å². The van der Waals surface area contributed by atoms with Crippen LogP contribution < -0.4 is 0 Å². The first-order valence-corrected chi connectivity index (χ1v) is 5.96. The molecular weight excluding hydrogens is 280 g/mol. The molecule has 1 aromatic heterocycles. The molecule has 2 aromatic rings. The summed E-state index contributed by atoms with van der Waals surface area (Å²) < 4.78 is 1.89. The Morgan fingerprint density at radius 1 is 1.24 bits per heavy atom. The minimum atomic E-state index is 0.335. The second-order valence-corrected chi connectivity index (χ2v) is 4.53. The standard InChI is InChI=1S/C13H11BrN2O/c14-13-3-1-2-12(8-13)10-16(17)9-11-4-6-15-7-5-11/h1-9H,10H2/b16-9-. The van der Waals surface area contributed by atoms with Crippen LogP contribution in [-0.4, -0.2) is 15.9 Å². The molecule has 0 aliphatic rings. The molecule has 0 aliphatic carbocycles. The van der Waals surface area contributed by atoms with E-state index in [4.69, 9.17) is 0 Å². The summed E-state index contributed by atoms with van der Waals surface area (Å²) in [5, 5.41) is 11.7. The number of halogens is 1. The second-order valence-electron chi connectivity index (χ2n) is 3.61. The Labute approximate surface area is 108 Å². The highest BCUT2D eigenvalue weighted by Crippen LogP contribution is 2.12. The Balaban J connectivity index is 2.12. The van der Waals surface area contributed by atoms with Gasteiger partial charge in [0.15, 0.2) is 12.8 Å². The van der Waals surface area contributed by atoms with E-state index in [0.29, 0.717) is 6.54 Å². The maximum atomic E-state index is 11.7. The lowest BCUT2D eigenvalue weighted by molar-refractivity contribution is -0.469. The summed E-state index contributed by atoms with van der Waals surface area (Å²) in [4.78, 5) is 3.90. The fourth-order valence-electron chi connectivity index (χ4n) is 1.48. The third kappa shape index (κ3) is 3.67. The second kappa shape index (κ2) is 5.59. The van der Waals surface area contributed by atoms with Gasteiger partial charge in [0.25, 0.3) is 0 Å². The maximum absolute atomic E-state index is 11.7. The Morgan fingerprint density at radius 3 is 2.71 bits per heavy atom. The minimum Gasteiger partial charge on any atom is -0.624 e. The molecule has 0 unspecified atom stereocenters. The number of hydroxylamine groups is 1. The fourth-order valence-corrected chi connectivity index (χ4v) is 1.92. The van der Waals surface area contributed by atoms with Crippen molar-refractivity contribution in [3.05, 3.63) is 69.6 Å². The van der Waals surface area contributed by atoms with Crippen molar-refractivity contribution >= 4 is 22.1 Å². The molecule has 17 heavy (non-hydrogen) atoms. The van der Waals surface area contributed by atoms with E-state index in [1.165, 1.54) is 0 Å². The molecule has 0 fully saturated rings. The highest BCUT2D eigenvalue weighted by atomic mass is 79.9. The van der Waals surface area contributed by atoms with E-state index in [9.17, 15) is 5.21 Å². The lowest BCUT2D eigenvalue weighted by Gasteiger charge is -2.04. The topological polar surface area (TPSA) is 39.0 Å². The Bertz CT molecular complexity index is 526. The first kappa shape index (κ1) is 11.8. The highest BCUT2D eigenvalue weighted by Gasteiger charge is 1.99. The zero-order valence-corrected chi connectivity index (χ0v) is 10.7. The van der Waals surface area contributed by atoms with Crippen molar-refractivity contribution in [1.29, 1.82) is 0 Å². The first-order chi connectivity index (χ1) is 8.24. The third-order valence-electron chi connectivity index (χ3n) is 2.23. The van der Waals surface area contributed by atoms with Crippen LogP contribution >= 0.6 is 15.9 Å². The van der Waals surface area contributed by atoms with E-state index < -0.39 is 0 Å². The lowest BCUT2D eigenvalue weighted by atomic mass is 10.2. The lowest BCUT2D eigenvalue weighted by Crippen LogP contribution is -2.05. The van der Waals surface area contributed by atoms with Gasteiger partial charge in [-0.2, -0.15) is 0 Å². The van der Waals surface area contributed by atoms with Gasteiger partial charge in [0.1, 0.15) is 0 Å². The first-order valence-electron chi connectivity index (χ1n) is 5.17. The van der Waals surface area contributed by atoms with Crippen molar-refractivity contribution in [2.45, 2.75) is 6.54 Å². The van der Waals surface area contributed by atoms with Gasteiger partial charge < -0.3 is 5.21 Å². The van der Waals surface area contributed by atoms with Gasteiger partial charge in [-0.1, -0.05) is 28.1 Å². The smallest absolute Gasteiger partial charge is 0.182 e. The molecule has 3 nitrogen and oxygen atoms in total. The summed E-state index contributed by atoms with van der Waals surface area (Å²) in [6, 6.07) is 11.3. The van der Waals surface area contributed by atoms with Gasteiger partial charge in [0.2, 0.25) is 0 Å². The van der Waals surface area contributed by atoms with Crippen LogP contribution in [0.2, 0.25) is 0 Å². The van der Waals surface area contributed by atoms with Crippen molar-refractivity contribution in [2.24, 2.45) is 0 Å². The van der Waals surface area contributed by atoms with Crippen LogP contribution in [0.1, 0.15) is 11.1 Å². The van der Waals surface area contributed by atoms with E-state index in [2.05, 4.69) is 20.9 Å². The minimum absolute atomic E-state index is 0.335. The molecule has 86 valence electrons. The Kier molecular flexibility index (Phi) is 3.88. The number of aromatic nitrogens is 1. The molecule has 1 aromatic carbocycles. The molecule has 0 saturated heterocycles. The molecule has 1 heterocycles. The number of benzene rings is 1. The van der Waals surface area contributed by atoms with Gasteiger partial charge in [-0.05, 0) is 24.3 Å². The van der Waals surface area contributed by atoms with E-state index in [1.807, 2.05) is 24.3 Å². The molecule has 0 radical (unpaired) electrons. The number of rotatable bonds is 3. The summed E-state index contributed by atoms with van der Waals surface area (Å²) >= 11 is 3.38. The highest BCUT2D eigenvalue weighted by molar-refractivity contribution is 9.10. The van der Waals surface area contributed by atoms with Gasteiger partial charge in [0.05, 0.1) is 0 Å². The summed E-state index contributed by atoms with van der Waals surface area (Å²) in [5.41, 5.74) is 1.82. The third-order valence-corrected chi connectivity index (χ3v) is 2.72. The average Bonchev–Trinajstić information content (AvgIpc) is 2.30. The van der Waals surface area contributed by atoms with Crippen LogP contribution in [0, 0.1) is 5.21 Å².